The standard InChI is InChI=1S/C15H22N2O4/c18-13-10-14(19)17(12-6-8-21-9-7-12)15(20)16(13)11-4-2-1-3-5-11/h10-12,19H,1-9H2. The van der Waals surface area contributed by atoms with Gasteiger partial charge in [-0.05, 0) is 25.7 Å². The van der Waals surface area contributed by atoms with Gasteiger partial charge in [-0.1, -0.05) is 19.3 Å². The minimum atomic E-state index is -0.382. The summed E-state index contributed by atoms with van der Waals surface area (Å²) in [7, 11) is 0. The third-order valence-corrected chi connectivity index (χ3v) is 4.64. The Kier molecular flexibility index (Phi) is 4.14. The maximum Gasteiger partial charge on any atom is 0.334 e. The first-order valence-electron chi connectivity index (χ1n) is 7.83. The molecule has 1 aliphatic carbocycles. The Morgan fingerprint density at radius 3 is 2.24 bits per heavy atom. The van der Waals surface area contributed by atoms with Crippen LogP contribution in [-0.2, 0) is 4.74 Å². The van der Waals surface area contributed by atoms with Crippen LogP contribution >= 0.6 is 0 Å². The van der Waals surface area contributed by atoms with E-state index in [1.165, 1.54) is 15.2 Å². The number of hydrogen-bond donors (Lipinski definition) is 1. The first-order chi connectivity index (χ1) is 10.2. The van der Waals surface area contributed by atoms with Crippen LogP contribution in [0.4, 0.5) is 0 Å². The molecule has 1 aromatic rings. The highest BCUT2D eigenvalue weighted by Gasteiger charge is 2.25. The lowest BCUT2D eigenvalue weighted by molar-refractivity contribution is 0.0651. The minimum Gasteiger partial charge on any atom is -0.494 e. The third-order valence-electron chi connectivity index (χ3n) is 4.64. The fraction of sp³-hybridized carbons (Fsp3) is 0.733. The fourth-order valence-corrected chi connectivity index (χ4v) is 3.52. The first-order valence-corrected chi connectivity index (χ1v) is 7.83. The predicted molar refractivity (Wildman–Crippen MR) is 77.8 cm³/mol. The highest BCUT2D eigenvalue weighted by Crippen LogP contribution is 2.27. The Morgan fingerprint density at radius 1 is 0.952 bits per heavy atom. The van der Waals surface area contributed by atoms with Gasteiger partial charge in [0.15, 0.2) is 0 Å². The zero-order valence-electron chi connectivity index (χ0n) is 12.2. The summed E-state index contributed by atoms with van der Waals surface area (Å²) in [6, 6.07) is 1.08. The zero-order chi connectivity index (χ0) is 14.8. The predicted octanol–water partition coefficient (Wildman–Crippen LogP) is 1.57. The molecule has 6 nitrogen and oxygen atoms in total. The van der Waals surface area contributed by atoms with Gasteiger partial charge in [-0.15, -0.1) is 0 Å². The monoisotopic (exact) mass is 294 g/mol. The molecule has 1 N–H and O–H groups in total. The lowest BCUT2D eigenvalue weighted by Crippen LogP contribution is -2.44. The van der Waals surface area contributed by atoms with Crippen LogP contribution in [0.15, 0.2) is 15.7 Å². The van der Waals surface area contributed by atoms with Gasteiger partial charge in [-0.25, -0.2) is 4.79 Å². The lowest BCUT2D eigenvalue weighted by Gasteiger charge is -2.28. The molecule has 3 rings (SSSR count). The molecule has 1 aliphatic heterocycles. The van der Waals surface area contributed by atoms with E-state index in [1.54, 1.807) is 0 Å². The van der Waals surface area contributed by atoms with E-state index in [-0.39, 0.29) is 29.2 Å². The van der Waals surface area contributed by atoms with Gasteiger partial charge in [0.1, 0.15) is 0 Å². The molecule has 1 aromatic heterocycles. The summed E-state index contributed by atoms with van der Waals surface area (Å²) < 4.78 is 8.05. The molecule has 0 radical (unpaired) electrons. The maximum absolute atomic E-state index is 12.7. The summed E-state index contributed by atoms with van der Waals surface area (Å²) in [5.74, 6) is -0.219. The van der Waals surface area contributed by atoms with Gasteiger partial charge in [-0.2, -0.15) is 0 Å². The molecule has 2 heterocycles. The van der Waals surface area contributed by atoms with Gasteiger partial charge in [0.2, 0.25) is 5.88 Å². The Balaban J connectivity index is 2.04. The highest BCUT2D eigenvalue weighted by atomic mass is 16.5. The van der Waals surface area contributed by atoms with Crippen molar-refractivity contribution in [3.63, 3.8) is 0 Å². The first kappa shape index (κ1) is 14.4. The molecular formula is C15H22N2O4. The number of aromatic nitrogens is 2. The van der Waals surface area contributed by atoms with E-state index in [1.807, 2.05) is 0 Å². The van der Waals surface area contributed by atoms with E-state index in [4.69, 9.17) is 4.74 Å². The van der Waals surface area contributed by atoms with Crippen molar-refractivity contribution < 1.29 is 9.84 Å². The second kappa shape index (κ2) is 6.05. The van der Waals surface area contributed by atoms with E-state index < -0.39 is 0 Å². The molecule has 6 heteroatoms. The van der Waals surface area contributed by atoms with Crippen LogP contribution in [0.1, 0.15) is 57.0 Å². The van der Waals surface area contributed by atoms with Gasteiger partial charge in [0.25, 0.3) is 5.56 Å². The molecule has 0 amide bonds. The molecule has 2 aliphatic rings. The van der Waals surface area contributed by atoms with Gasteiger partial charge in [0, 0.05) is 25.3 Å². The second-order valence-electron chi connectivity index (χ2n) is 6.00. The SMILES string of the molecule is O=c1cc(O)n(C2CCOCC2)c(=O)n1C1CCCCC1. The minimum absolute atomic E-state index is 0.0227. The number of aromatic hydroxyl groups is 1. The Hall–Kier alpha value is -1.56. The van der Waals surface area contributed by atoms with Gasteiger partial charge in [-0.3, -0.25) is 13.9 Å². The van der Waals surface area contributed by atoms with Crippen molar-refractivity contribution in [2.75, 3.05) is 13.2 Å². The van der Waals surface area contributed by atoms with Crippen LogP contribution in [0.25, 0.3) is 0 Å². The molecule has 21 heavy (non-hydrogen) atoms. The van der Waals surface area contributed by atoms with E-state index in [0.717, 1.165) is 32.1 Å². The van der Waals surface area contributed by atoms with Crippen molar-refractivity contribution in [2.24, 2.45) is 0 Å². The van der Waals surface area contributed by atoms with Crippen LogP contribution in [0.2, 0.25) is 0 Å². The summed E-state index contributed by atoms with van der Waals surface area (Å²) in [5, 5.41) is 10.1. The second-order valence-corrected chi connectivity index (χ2v) is 6.00. The average molecular weight is 294 g/mol. The quantitative estimate of drug-likeness (QED) is 0.898. The van der Waals surface area contributed by atoms with Crippen LogP contribution in [0.3, 0.4) is 0 Å². The van der Waals surface area contributed by atoms with Crippen LogP contribution in [0, 0.1) is 0 Å². The number of rotatable bonds is 2. The van der Waals surface area contributed by atoms with Crippen molar-refractivity contribution >= 4 is 0 Å². The zero-order valence-corrected chi connectivity index (χ0v) is 12.2. The summed E-state index contributed by atoms with van der Waals surface area (Å²) in [4.78, 5) is 24.9. The molecule has 116 valence electrons. The van der Waals surface area contributed by atoms with E-state index in [0.29, 0.717) is 26.1 Å². The Labute approximate surface area is 123 Å². The largest absolute Gasteiger partial charge is 0.494 e. The fourth-order valence-electron chi connectivity index (χ4n) is 3.52. The van der Waals surface area contributed by atoms with Crippen molar-refractivity contribution in [2.45, 2.75) is 57.0 Å². The molecular weight excluding hydrogens is 272 g/mol. The normalized spacial score (nSPS) is 21.5. The maximum atomic E-state index is 12.7. The number of nitrogens with zero attached hydrogens (tertiary/aromatic N) is 2. The summed E-state index contributed by atoms with van der Waals surface area (Å²) >= 11 is 0. The van der Waals surface area contributed by atoms with Crippen LogP contribution in [0.5, 0.6) is 5.88 Å². The molecule has 0 bridgehead atoms. The van der Waals surface area contributed by atoms with Crippen LogP contribution < -0.4 is 11.2 Å². The molecule has 1 saturated carbocycles. The Bertz CT molecular complexity index is 607. The van der Waals surface area contributed by atoms with Crippen molar-refractivity contribution in [1.82, 2.24) is 9.13 Å². The van der Waals surface area contributed by atoms with E-state index >= 15 is 0 Å². The number of hydrogen-bond acceptors (Lipinski definition) is 4. The molecule has 0 aromatic carbocycles. The summed E-state index contributed by atoms with van der Waals surface area (Å²) in [5.41, 5.74) is -0.744. The molecule has 0 atom stereocenters. The molecule has 0 spiro atoms. The molecule has 0 unspecified atom stereocenters. The smallest absolute Gasteiger partial charge is 0.334 e. The van der Waals surface area contributed by atoms with Crippen molar-refractivity contribution in [3.05, 3.63) is 26.9 Å². The van der Waals surface area contributed by atoms with Crippen molar-refractivity contribution in [3.8, 4) is 5.88 Å². The van der Waals surface area contributed by atoms with Crippen LogP contribution in [-0.4, -0.2) is 27.5 Å². The summed E-state index contributed by atoms with van der Waals surface area (Å²) in [6.45, 7) is 1.16. The highest BCUT2D eigenvalue weighted by molar-refractivity contribution is 5.09. The average Bonchev–Trinajstić information content (AvgIpc) is 2.49. The molecule has 1 saturated heterocycles. The van der Waals surface area contributed by atoms with E-state index in [2.05, 4.69) is 0 Å². The summed E-state index contributed by atoms with van der Waals surface area (Å²) in [6.07, 6.45) is 6.38. The van der Waals surface area contributed by atoms with Crippen molar-refractivity contribution in [1.29, 1.82) is 0 Å². The van der Waals surface area contributed by atoms with Gasteiger partial charge >= 0.3 is 5.69 Å². The van der Waals surface area contributed by atoms with E-state index in [9.17, 15) is 14.7 Å². The lowest BCUT2D eigenvalue weighted by atomic mass is 9.95. The Morgan fingerprint density at radius 2 is 1.57 bits per heavy atom. The third kappa shape index (κ3) is 2.77. The van der Waals surface area contributed by atoms with Gasteiger partial charge < -0.3 is 9.84 Å². The molecule has 2 fully saturated rings. The number of ether oxygens (including phenoxy) is 1. The topological polar surface area (TPSA) is 73.5 Å². The van der Waals surface area contributed by atoms with Gasteiger partial charge in [0.05, 0.1) is 6.07 Å².